The summed E-state index contributed by atoms with van der Waals surface area (Å²) in [6.07, 6.45) is 0. The third kappa shape index (κ3) is 3.47. The number of carbonyl (C=O) groups is 2. The van der Waals surface area contributed by atoms with Crippen LogP contribution in [0.2, 0.25) is 0 Å². The molecule has 0 bridgehead atoms. The molecular weight excluding hydrogens is 250 g/mol. The fraction of sp³-hybridized carbons (Fsp3) is 0.500. The number of carbonyl (C=O) groups excluding carboxylic acids is 2. The van der Waals surface area contributed by atoms with Crippen molar-refractivity contribution in [1.29, 1.82) is 0 Å². The van der Waals surface area contributed by atoms with Crippen molar-refractivity contribution in [2.75, 3.05) is 19.6 Å². The van der Waals surface area contributed by atoms with E-state index in [1.165, 1.54) is 0 Å². The van der Waals surface area contributed by atoms with Crippen LogP contribution >= 0.6 is 15.9 Å². The van der Waals surface area contributed by atoms with Crippen molar-refractivity contribution in [2.24, 2.45) is 0 Å². The molecule has 6 heteroatoms. The third-order valence-electron chi connectivity index (χ3n) is 1.78. The van der Waals surface area contributed by atoms with Crippen LogP contribution in [0.25, 0.3) is 0 Å². The minimum absolute atomic E-state index is 0.0843. The Bertz CT molecular complexity index is 257. The molecule has 1 fully saturated rings. The number of hydrogen-bond acceptors (Lipinski definition) is 3. The molecule has 1 saturated heterocycles. The summed E-state index contributed by atoms with van der Waals surface area (Å²) < 4.78 is 0.714. The standard InChI is InChI=1S/C8H12BrN3O2/c1-5(9)2-12-8(14)6-3-11-7(13)4-10-6/h6,10H,1-4H2,(H,11,13)(H,12,14). The summed E-state index contributed by atoms with van der Waals surface area (Å²) in [5.74, 6) is -0.218. The van der Waals surface area contributed by atoms with Crippen LogP contribution in [0.5, 0.6) is 0 Å². The Hall–Kier alpha value is -0.880. The first kappa shape index (κ1) is 11.2. The van der Waals surface area contributed by atoms with E-state index in [0.717, 1.165) is 0 Å². The predicted octanol–water partition coefficient (Wildman–Crippen LogP) is -0.901. The molecule has 14 heavy (non-hydrogen) atoms. The minimum atomic E-state index is -0.348. The van der Waals surface area contributed by atoms with Gasteiger partial charge in [0.05, 0.1) is 6.54 Å². The Balaban J connectivity index is 2.30. The smallest absolute Gasteiger partial charge is 0.239 e. The first-order chi connectivity index (χ1) is 6.59. The SMILES string of the molecule is C=C(Br)CNC(=O)C1CNC(=O)CN1. The highest BCUT2D eigenvalue weighted by Gasteiger charge is 2.23. The second kappa shape index (κ2) is 5.11. The van der Waals surface area contributed by atoms with Gasteiger partial charge in [-0.3, -0.25) is 14.9 Å². The molecule has 2 amide bonds. The Morgan fingerprint density at radius 1 is 1.71 bits per heavy atom. The average molecular weight is 262 g/mol. The summed E-state index contributed by atoms with van der Waals surface area (Å²) in [5, 5.41) is 8.10. The molecule has 78 valence electrons. The van der Waals surface area contributed by atoms with Crippen LogP contribution in [0.1, 0.15) is 0 Å². The largest absolute Gasteiger partial charge is 0.353 e. The highest BCUT2D eigenvalue weighted by molar-refractivity contribution is 9.11. The molecular formula is C8H12BrN3O2. The van der Waals surface area contributed by atoms with Gasteiger partial charge in [-0.1, -0.05) is 22.5 Å². The van der Waals surface area contributed by atoms with Gasteiger partial charge in [-0.15, -0.1) is 0 Å². The lowest BCUT2D eigenvalue weighted by Gasteiger charge is -2.22. The van der Waals surface area contributed by atoms with Crippen LogP contribution < -0.4 is 16.0 Å². The van der Waals surface area contributed by atoms with Crippen LogP contribution in [0, 0.1) is 0 Å². The van der Waals surface area contributed by atoms with Crippen molar-refractivity contribution in [3.8, 4) is 0 Å². The van der Waals surface area contributed by atoms with Crippen LogP contribution in [0.3, 0.4) is 0 Å². The van der Waals surface area contributed by atoms with Crippen molar-refractivity contribution in [2.45, 2.75) is 6.04 Å². The van der Waals surface area contributed by atoms with Gasteiger partial charge in [0.2, 0.25) is 11.8 Å². The van der Waals surface area contributed by atoms with Crippen molar-refractivity contribution in [3.05, 3.63) is 11.1 Å². The van der Waals surface area contributed by atoms with E-state index >= 15 is 0 Å². The van der Waals surface area contributed by atoms with Crippen LogP contribution in [-0.2, 0) is 9.59 Å². The molecule has 1 atom stereocenters. The normalized spacial score (nSPS) is 21.2. The van der Waals surface area contributed by atoms with E-state index in [0.29, 0.717) is 17.6 Å². The van der Waals surface area contributed by atoms with Crippen LogP contribution in [0.4, 0.5) is 0 Å². The monoisotopic (exact) mass is 261 g/mol. The quantitative estimate of drug-likeness (QED) is 0.617. The van der Waals surface area contributed by atoms with Gasteiger partial charge in [0.25, 0.3) is 0 Å². The minimum Gasteiger partial charge on any atom is -0.353 e. The van der Waals surface area contributed by atoms with Gasteiger partial charge < -0.3 is 10.6 Å². The van der Waals surface area contributed by atoms with Gasteiger partial charge in [0, 0.05) is 17.6 Å². The summed E-state index contributed by atoms with van der Waals surface area (Å²) >= 11 is 3.14. The van der Waals surface area contributed by atoms with Crippen molar-refractivity contribution in [3.63, 3.8) is 0 Å². The van der Waals surface area contributed by atoms with E-state index in [9.17, 15) is 9.59 Å². The fourth-order valence-corrected chi connectivity index (χ4v) is 1.20. The van der Waals surface area contributed by atoms with Gasteiger partial charge in [0.15, 0.2) is 0 Å². The molecule has 1 unspecified atom stereocenters. The van der Waals surface area contributed by atoms with E-state index in [1.54, 1.807) is 0 Å². The average Bonchev–Trinajstić information content (AvgIpc) is 2.15. The maximum atomic E-state index is 11.4. The molecule has 0 aliphatic carbocycles. The zero-order valence-electron chi connectivity index (χ0n) is 7.60. The maximum absolute atomic E-state index is 11.4. The summed E-state index contributed by atoms with van der Waals surface area (Å²) in [5.41, 5.74) is 0. The predicted molar refractivity (Wildman–Crippen MR) is 55.9 cm³/mol. The van der Waals surface area contributed by atoms with E-state index in [4.69, 9.17) is 0 Å². The summed E-state index contributed by atoms with van der Waals surface area (Å²) in [4.78, 5) is 22.2. The number of hydrogen-bond donors (Lipinski definition) is 3. The highest BCUT2D eigenvalue weighted by Crippen LogP contribution is 1.97. The summed E-state index contributed by atoms with van der Waals surface area (Å²) in [7, 11) is 0. The zero-order chi connectivity index (χ0) is 10.6. The molecule has 0 aromatic heterocycles. The lowest BCUT2D eigenvalue weighted by molar-refractivity contribution is -0.126. The second-order valence-corrected chi connectivity index (χ2v) is 4.09. The number of piperazine rings is 1. The van der Waals surface area contributed by atoms with Gasteiger partial charge in [0.1, 0.15) is 6.04 Å². The first-order valence-electron chi connectivity index (χ1n) is 4.20. The molecule has 5 nitrogen and oxygen atoms in total. The topological polar surface area (TPSA) is 70.2 Å². The number of rotatable bonds is 3. The summed E-state index contributed by atoms with van der Waals surface area (Å²) in [6, 6.07) is -0.348. The second-order valence-electron chi connectivity index (χ2n) is 2.97. The molecule has 1 aliphatic heterocycles. The number of halogens is 1. The Morgan fingerprint density at radius 3 is 2.93 bits per heavy atom. The molecule has 1 aliphatic rings. The van der Waals surface area contributed by atoms with Gasteiger partial charge >= 0.3 is 0 Å². The van der Waals surface area contributed by atoms with E-state index in [1.807, 2.05) is 0 Å². The molecule has 0 aromatic carbocycles. The fourth-order valence-electron chi connectivity index (χ4n) is 1.06. The lowest BCUT2D eigenvalue weighted by atomic mass is 10.2. The molecule has 0 aromatic rings. The van der Waals surface area contributed by atoms with Crippen molar-refractivity contribution < 1.29 is 9.59 Å². The van der Waals surface area contributed by atoms with Crippen LogP contribution in [-0.4, -0.2) is 37.5 Å². The molecule has 3 N–H and O–H groups in total. The van der Waals surface area contributed by atoms with E-state index in [2.05, 4.69) is 38.5 Å². The number of amides is 2. The third-order valence-corrected chi connectivity index (χ3v) is 2.06. The van der Waals surface area contributed by atoms with Crippen LogP contribution in [0.15, 0.2) is 11.1 Å². The van der Waals surface area contributed by atoms with Gasteiger partial charge in [-0.2, -0.15) is 0 Å². The molecule has 1 heterocycles. The zero-order valence-corrected chi connectivity index (χ0v) is 9.19. The van der Waals surface area contributed by atoms with Crippen molar-refractivity contribution in [1.82, 2.24) is 16.0 Å². The van der Waals surface area contributed by atoms with E-state index < -0.39 is 0 Å². The summed E-state index contributed by atoms with van der Waals surface area (Å²) in [6.45, 7) is 4.51. The number of nitrogens with one attached hydrogen (secondary N) is 3. The van der Waals surface area contributed by atoms with E-state index in [-0.39, 0.29) is 24.4 Å². The Labute approximate surface area is 90.4 Å². The Kier molecular flexibility index (Phi) is 4.09. The first-order valence-corrected chi connectivity index (χ1v) is 5.00. The maximum Gasteiger partial charge on any atom is 0.239 e. The lowest BCUT2D eigenvalue weighted by Crippen LogP contribution is -2.58. The molecule has 0 saturated carbocycles. The molecule has 0 radical (unpaired) electrons. The van der Waals surface area contributed by atoms with Gasteiger partial charge in [-0.25, -0.2) is 0 Å². The molecule has 0 spiro atoms. The highest BCUT2D eigenvalue weighted by atomic mass is 79.9. The Morgan fingerprint density at radius 2 is 2.43 bits per heavy atom. The van der Waals surface area contributed by atoms with Crippen molar-refractivity contribution >= 4 is 27.7 Å². The van der Waals surface area contributed by atoms with Gasteiger partial charge in [-0.05, 0) is 0 Å². The molecule has 1 rings (SSSR count).